The quantitative estimate of drug-likeness (QED) is 0.291. The smallest absolute Gasteiger partial charge is 0.355 e. The molecule has 3 aromatic carbocycles. The van der Waals surface area contributed by atoms with Crippen LogP contribution >= 0.6 is 0 Å². The number of benzene rings is 3. The number of anilines is 1. The summed E-state index contributed by atoms with van der Waals surface area (Å²) in [5.41, 5.74) is 1.13. The standard InChI is InChI=1S/C30H32N4O5/c1-3-18-32(19-4-2)28-31-29(37)33(30(38)34(28)25-14-12-24(13-15-25)27(35)36)20-22-10-16-26(17-11-22)39-21-23-8-6-5-7-9-23/h5-17H,3-4,18-21H2,1-2H3,(H,35,36). The van der Waals surface area contributed by atoms with E-state index < -0.39 is 17.3 Å². The topological polar surface area (TPSA) is 107 Å². The zero-order valence-electron chi connectivity index (χ0n) is 22.1. The van der Waals surface area contributed by atoms with Crippen molar-refractivity contribution in [2.45, 2.75) is 39.8 Å². The van der Waals surface area contributed by atoms with Gasteiger partial charge in [-0.1, -0.05) is 56.3 Å². The number of carbonyl (C=O) groups is 1. The molecule has 0 fully saturated rings. The van der Waals surface area contributed by atoms with E-state index in [1.54, 1.807) is 24.3 Å². The first-order valence-corrected chi connectivity index (χ1v) is 13.0. The van der Waals surface area contributed by atoms with E-state index in [2.05, 4.69) is 4.98 Å². The van der Waals surface area contributed by atoms with Crippen LogP contribution in [0.1, 0.15) is 48.2 Å². The molecular weight excluding hydrogens is 496 g/mol. The van der Waals surface area contributed by atoms with Gasteiger partial charge in [-0.05, 0) is 60.4 Å². The lowest BCUT2D eigenvalue weighted by Crippen LogP contribution is -2.45. The van der Waals surface area contributed by atoms with Crippen molar-refractivity contribution in [3.05, 3.63) is 117 Å². The molecule has 0 saturated heterocycles. The van der Waals surface area contributed by atoms with E-state index >= 15 is 0 Å². The molecule has 0 unspecified atom stereocenters. The van der Waals surface area contributed by atoms with Gasteiger partial charge in [0, 0.05) is 13.1 Å². The lowest BCUT2D eigenvalue weighted by Gasteiger charge is -2.26. The highest BCUT2D eigenvalue weighted by Crippen LogP contribution is 2.18. The molecule has 39 heavy (non-hydrogen) atoms. The van der Waals surface area contributed by atoms with Gasteiger partial charge in [-0.15, -0.1) is 0 Å². The zero-order chi connectivity index (χ0) is 27.8. The van der Waals surface area contributed by atoms with Crippen molar-refractivity contribution in [2.75, 3.05) is 18.0 Å². The Morgan fingerprint density at radius 1 is 0.872 bits per heavy atom. The third-order valence-corrected chi connectivity index (χ3v) is 6.20. The van der Waals surface area contributed by atoms with Crippen LogP contribution in [0.3, 0.4) is 0 Å². The third kappa shape index (κ3) is 6.62. The van der Waals surface area contributed by atoms with Crippen molar-refractivity contribution in [3.63, 3.8) is 0 Å². The van der Waals surface area contributed by atoms with Crippen LogP contribution in [0.2, 0.25) is 0 Å². The zero-order valence-corrected chi connectivity index (χ0v) is 22.1. The van der Waals surface area contributed by atoms with Gasteiger partial charge >= 0.3 is 17.3 Å². The molecule has 0 spiro atoms. The van der Waals surface area contributed by atoms with Gasteiger partial charge in [-0.3, -0.25) is 0 Å². The summed E-state index contributed by atoms with van der Waals surface area (Å²) >= 11 is 0. The number of rotatable bonds is 12. The molecule has 9 heteroatoms. The Kier molecular flexibility index (Phi) is 8.94. The van der Waals surface area contributed by atoms with Crippen LogP contribution < -0.4 is 21.0 Å². The molecule has 1 heterocycles. The second kappa shape index (κ2) is 12.7. The van der Waals surface area contributed by atoms with E-state index in [0.29, 0.717) is 31.1 Å². The minimum absolute atomic E-state index is 0.0265. The predicted molar refractivity (Wildman–Crippen MR) is 150 cm³/mol. The van der Waals surface area contributed by atoms with Crippen molar-refractivity contribution >= 4 is 11.9 Å². The molecule has 1 N–H and O–H groups in total. The first-order chi connectivity index (χ1) is 18.9. The molecule has 0 saturated carbocycles. The van der Waals surface area contributed by atoms with E-state index in [9.17, 15) is 19.5 Å². The summed E-state index contributed by atoms with van der Waals surface area (Å²) in [5, 5.41) is 9.30. The summed E-state index contributed by atoms with van der Waals surface area (Å²) in [6.45, 7) is 5.71. The van der Waals surface area contributed by atoms with Crippen molar-refractivity contribution in [1.29, 1.82) is 0 Å². The van der Waals surface area contributed by atoms with Gasteiger partial charge < -0.3 is 14.7 Å². The SMILES string of the molecule is CCCN(CCC)c1nc(=O)n(Cc2ccc(OCc3ccccc3)cc2)c(=O)n1-c1ccc(C(=O)O)cc1. The van der Waals surface area contributed by atoms with Crippen LogP contribution in [-0.2, 0) is 13.2 Å². The third-order valence-electron chi connectivity index (χ3n) is 6.20. The summed E-state index contributed by atoms with van der Waals surface area (Å²) in [7, 11) is 0. The maximum absolute atomic E-state index is 13.8. The van der Waals surface area contributed by atoms with Crippen molar-refractivity contribution < 1.29 is 14.6 Å². The van der Waals surface area contributed by atoms with Gasteiger partial charge in [0.15, 0.2) is 0 Å². The molecule has 4 rings (SSSR count). The van der Waals surface area contributed by atoms with E-state index in [1.165, 1.54) is 16.7 Å². The van der Waals surface area contributed by atoms with Crippen molar-refractivity contribution in [1.82, 2.24) is 14.1 Å². The Morgan fingerprint density at radius 2 is 1.51 bits per heavy atom. The van der Waals surface area contributed by atoms with Gasteiger partial charge in [0.2, 0.25) is 5.95 Å². The summed E-state index contributed by atoms with van der Waals surface area (Å²) < 4.78 is 8.31. The van der Waals surface area contributed by atoms with Gasteiger partial charge in [0.25, 0.3) is 0 Å². The number of hydrogen-bond acceptors (Lipinski definition) is 6. The molecule has 202 valence electrons. The van der Waals surface area contributed by atoms with Crippen LogP contribution in [0.25, 0.3) is 5.69 Å². The molecule has 0 aliphatic carbocycles. The Morgan fingerprint density at radius 3 is 2.10 bits per heavy atom. The van der Waals surface area contributed by atoms with Gasteiger partial charge in [0.1, 0.15) is 12.4 Å². The number of carboxylic acid groups (broad SMARTS) is 1. The van der Waals surface area contributed by atoms with E-state index in [4.69, 9.17) is 4.74 Å². The van der Waals surface area contributed by atoms with Crippen LogP contribution in [0.4, 0.5) is 5.95 Å². The predicted octanol–water partition coefficient (Wildman–Crippen LogP) is 4.35. The Hall–Kier alpha value is -4.66. The maximum atomic E-state index is 13.8. The maximum Gasteiger partial charge on any atom is 0.355 e. The van der Waals surface area contributed by atoms with E-state index in [1.807, 2.05) is 61.2 Å². The second-order valence-corrected chi connectivity index (χ2v) is 9.16. The first-order valence-electron chi connectivity index (χ1n) is 13.0. The van der Waals surface area contributed by atoms with E-state index in [0.717, 1.165) is 28.5 Å². The number of ether oxygens (including phenoxy) is 1. The Bertz CT molecular complexity index is 1500. The normalized spacial score (nSPS) is 10.8. The fourth-order valence-corrected chi connectivity index (χ4v) is 4.28. The minimum atomic E-state index is -1.06. The average molecular weight is 529 g/mol. The monoisotopic (exact) mass is 528 g/mol. The number of aromatic nitrogens is 3. The fraction of sp³-hybridized carbons (Fsp3) is 0.267. The molecule has 4 aromatic rings. The van der Waals surface area contributed by atoms with Crippen LogP contribution in [0, 0.1) is 0 Å². The second-order valence-electron chi connectivity index (χ2n) is 9.16. The first kappa shape index (κ1) is 27.4. The molecule has 0 radical (unpaired) electrons. The van der Waals surface area contributed by atoms with Crippen molar-refractivity contribution in [3.8, 4) is 11.4 Å². The molecule has 9 nitrogen and oxygen atoms in total. The summed E-state index contributed by atoms with van der Waals surface area (Å²) in [6, 6.07) is 23.0. The van der Waals surface area contributed by atoms with E-state index in [-0.39, 0.29) is 18.1 Å². The average Bonchev–Trinajstić information content (AvgIpc) is 2.95. The van der Waals surface area contributed by atoms with Gasteiger partial charge in [-0.25, -0.2) is 23.5 Å². The summed E-state index contributed by atoms with van der Waals surface area (Å²) in [4.78, 5) is 44.5. The van der Waals surface area contributed by atoms with Gasteiger partial charge in [-0.2, -0.15) is 4.98 Å². The van der Waals surface area contributed by atoms with Crippen LogP contribution in [-0.4, -0.2) is 38.3 Å². The largest absolute Gasteiger partial charge is 0.489 e. The fourth-order valence-electron chi connectivity index (χ4n) is 4.28. The number of aromatic carboxylic acids is 1. The highest BCUT2D eigenvalue weighted by atomic mass is 16.5. The minimum Gasteiger partial charge on any atom is -0.489 e. The Labute approximate surface area is 226 Å². The molecule has 0 aliphatic heterocycles. The lowest BCUT2D eigenvalue weighted by molar-refractivity contribution is 0.0697. The van der Waals surface area contributed by atoms with Crippen LogP contribution in [0.5, 0.6) is 5.75 Å². The van der Waals surface area contributed by atoms with Crippen LogP contribution in [0.15, 0.2) is 88.5 Å². The van der Waals surface area contributed by atoms with Gasteiger partial charge in [0.05, 0.1) is 17.8 Å². The molecule has 0 atom stereocenters. The number of hydrogen-bond donors (Lipinski definition) is 1. The molecule has 0 bridgehead atoms. The molecule has 0 amide bonds. The highest BCUT2D eigenvalue weighted by Gasteiger charge is 2.20. The molecule has 0 aliphatic rings. The molecule has 1 aromatic heterocycles. The number of nitrogens with zero attached hydrogens (tertiary/aromatic N) is 4. The summed E-state index contributed by atoms with van der Waals surface area (Å²) in [5.74, 6) is -0.140. The van der Waals surface area contributed by atoms with Crippen molar-refractivity contribution in [2.24, 2.45) is 0 Å². The molecular formula is C30H32N4O5. The Balaban J connectivity index is 1.68. The number of carboxylic acids is 1. The summed E-state index contributed by atoms with van der Waals surface area (Å²) in [6.07, 6.45) is 1.60. The lowest BCUT2D eigenvalue weighted by atomic mass is 10.2. The highest BCUT2D eigenvalue weighted by molar-refractivity contribution is 5.87.